The second kappa shape index (κ2) is 5.71. The van der Waals surface area contributed by atoms with Crippen molar-refractivity contribution in [3.63, 3.8) is 0 Å². The summed E-state index contributed by atoms with van der Waals surface area (Å²) in [5.74, 6) is 2.58. The molecule has 1 aliphatic carbocycles. The monoisotopic (exact) mass is 266 g/mol. The molecule has 110 valence electrons. The lowest BCUT2D eigenvalue weighted by Crippen LogP contribution is -2.60. The van der Waals surface area contributed by atoms with Gasteiger partial charge in [-0.1, -0.05) is 19.3 Å². The molecule has 0 amide bonds. The molecule has 4 unspecified atom stereocenters. The third kappa shape index (κ3) is 2.57. The van der Waals surface area contributed by atoms with Gasteiger partial charge in [0, 0.05) is 31.2 Å². The molecule has 2 saturated heterocycles. The molecule has 4 atom stereocenters. The van der Waals surface area contributed by atoms with Crippen LogP contribution in [0.15, 0.2) is 0 Å². The smallest absolute Gasteiger partial charge is 0.0513 e. The summed E-state index contributed by atoms with van der Waals surface area (Å²) in [5.41, 5.74) is 6.35. The highest BCUT2D eigenvalue weighted by molar-refractivity contribution is 4.98. The van der Waals surface area contributed by atoms with Gasteiger partial charge in [0.25, 0.3) is 0 Å². The zero-order valence-electron chi connectivity index (χ0n) is 12.4. The second-order valence-electron chi connectivity index (χ2n) is 7.16. The zero-order chi connectivity index (χ0) is 13.3. The fourth-order valence-corrected chi connectivity index (χ4v) is 4.64. The number of hydrogen-bond acceptors (Lipinski definition) is 3. The predicted octanol–water partition coefficient (Wildman–Crippen LogP) is 2.25. The Morgan fingerprint density at radius 3 is 2.63 bits per heavy atom. The first-order valence-electron chi connectivity index (χ1n) is 8.27. The molecule has 0 aromatic heterocycles. The normalized spacial score (nSPS) is 39.8. The van der Waals surface area contributed by atoms with Crippen LogP contribution in [-0.2, 0) is 4.74 Å². The quantitative estimate of drug-likeness (QED) is 0.851. The standard InChI is InChI=1S/C16H30N2O/c1-16(12-17,15-7-9-19-11-15)18-8-6-13-4-2-3-5-14(13)10-18/h13-15H,2-12,17H2,1H3. The van der Waals surface area contributed by atoms with E-state index in [2.05, 4.69) is 11.8 Å². The van der Waals surface area contributed by atoms with Crippen molar-refractivity contribution < 1.29 is 4.74 Å². The Morgan fingerprint density at radius 2 is 1.95 bits per heavy atom. The number of piperidine rings is 1. The topological polar surface area (TPSA) is 38.5 Å². The molecule has 0 spiro atoms. The molecule has 2 N–H and O–H groups in total. The molecular weight excluding hydrogens is 236 g/mol. The molecule has 0 aromatic carbocycles. The van der Waals surface area contributed by atoms with E-state index in [1.165, 1.54) is 51.6 Å². The summed E-state index contributed by atoms with van der Waals surface area (Å²) in [5, 5.41) is 0. The summed E-state index contributed by atoms with van der Waals surface area (Å²) in [6.45, 7) is 7.55. The van der Waals surface area contributed by atoms with E-state index in [4.69, 9.17) is 10.5 Å². The fourth-order valence-electron chi connectivity index (χ4n) is 4.64. The highest BCUT2D eigenvalue weighted by Gasteiger charge is 2.44. The van der Waals surface area contributed by atoms with Crippen molar-refractivity contribution in [1.82, 2.24) is 4.90 Å². The van der Waals surface area contributed by atoms with Crippen LogP contribution in [0.2, 0.25) is 0 Å². The van der Waals surface area contributed by atoms with E-state index in [0.717, 1.165) is 31.6 Å². The van der Waals surface area contributed by atoms with E-state index < -0.39 is 0 Å². The van der Waals surface area contributed by atoms with Crippen molar-refractivity contribution in [2.75, 3.05) is 32.8 Å². The average molecular weight is 266 g/mol. The summed E-state index contributed by atoms with van der Waals surface area (Å²) in [7, 11) is 0. The maximum absolute atomic E-state index is 6.19. The second-order valence-corrected chi connectivity index (χ2v) is 7.16. The van der Waals surface area contributed by atoms with Gasteiger partial charge in [0.2, 0.25) is 0 Å². The van der Waals surface area contributed by atoms with Gasteiger partial charge < -0.3 is 10.5 Å². The molecule has 3 nitrogen and oxygen atoms in total. The number of ether oxygens (including phenoxy) is 1. The number of likely N-dealkylation sites (tertiary alicyclic amines) is 1. The lowest BCUT2D eigenvalue weighted by Gasteiger charge is -2.51. The largest absolute Gasteiger partial charge is 0.381 e. The number of nitrogens with two attached hydrogens (primary N) is 1. The summed E-state index contributed by atoms with van der Waals surface area (Å²) in [4.78, 5) is 2.72. The molecule has 3 rings (SSSR count). The summed E-state index contributed by atoms with van der Waals surface area (Å²) >= 11 is 0. The molecule has 19 heavy (non-hydrogen) atoms. The van der Waals surface area contributed by atoms with E-state index in [1.807, 2.05) is 0 Å². The average Bonchev–Trinajstić information content (AvgIpc) is 3.00. The Labute approximate surface area is 117 Å². The Bertz CT molecular complexity index is 303. The van der Waals surface area contributed by atoms with Gasteiger partial charge in [0.1, 0.15) is 0 Å². The Balaban J connectivity index is 1.69. The van der Waals surface area contributed by atoms with Gasteiger partial charge in [-0.05, 0) is 44.6 Å². The van der Waals surface area contributed by atoms with E-state index in [0.29, 0.717) is 5.92 Å². The molecule has 0 radical (unpaired) electrons. The minimum absolute atomic E-state index is 0.166. The maximum atomic E-state index is 6.19. The van der Waals surface area contributed by atoms with Gasteiger partial charge in [-0.15, -0.1) is 0 Å². The fraction of sp³-hybridized carbons (Fsp3) is 1.00. The van der Waals surface area contributed by atoms with Gasteiger partial charge >= 0.3 is 0 Å². The molecule has 1 saturated carbocycles. The summed E-state index contributed by atoms with van der Waals surface area (Å²) < 4.78 is 5.62. The van der Waals surface area contributed by atoms with Crippen LogP contribution in [0.1, 0.15) is 45.4 Å². The Hall–Kier alpha value is -0.120. The minimum atomic E-state index is 0.166. The van der Waals surface area contributed by atoms with Crippen LogP contribution in [-0.4, -0.2) is 43.3 Å². The van der Waals surface area contributed by atoms with Crippen LogP contribution in [0.4, 0.5) is 0 Å². The minimum Gasteiger partial charge on any atom is -0.381 e. The molecule has 3 fully saturated rings. The molecule has 2 aliphatic heterocycles. The highest BCUT2D eigenvalue weighted by atomic mass is 16.5. The lowest BCUT2D eigenvalue weighted by molar-refractivity contribution is -0.0163. The van der Waals surface area contributed by atoms with Crippen LogP contribution >= 0.6 is 0 Å². The van der Waals surface area contributed by atoms with Gasteiger partial charge in [0.15, 0.2) is 0 Å². The van der Waals surface area contributed by atoms with Crippen molar-refractivity contribution >= 4 is 0 Å². The van der Waals surface area contributed by atoms with Gasteiger partial charge in [-0.2, -0.15) is 0 Å². The molecule has 0 aromatic rings. The van der Waals surface area contributed by atoms with Crippen LogP contribution in [0, 0.1) is 17.8 Å². The molecule has 3 heteroatoms. The van der Waals surface area contributed by atoms with Crippen LogP contribution in [0.25, 0.3) is 0 Å². The van der Waals surface area contributed by atoms with E-state index in [-0.39, 0.29) is 5.54 Å². The van der Waals surface area contributed by atoms with E-state index in [1.54, 1.807) is 0 Å². The van der Waals surface area contributed by atoms with Crippen molar-refractivity contribution in [3.8, 4) is 0 Å². The van der Waals surface area contributed by atoms with Gasteiger partial charge in [-0.25, -0.2) is 0 Å². The number of hydrogen-bond donors (Lipinski definition) is 1. The first-order valence-corrected chi connectivity index (χ1v) is 8.27. The van der Waals surface area contributed by atoms with Crippen LogP contribution in [0.5, 0.6) is 0 Å². The van der Waals surface area contributed by atoms with Crippen molar-refractivity contribution in [3.05, 3.63) is 0 Å². The Morgan fingerprint density at radius 1 is 1.16 bits per heavy atom. The number of nitrogens with zero attached hydrogens (tertiary/aromatic N) is 1. The zero-order valence-corrected chi connectivity index (χ0v) is 12.4. The van der Waals surface area contributed by atoms with Gasteiger partial charge in [0.05, 0.1) is 6.61 Å². The predicted molar refractivity (Wildman–Crippen MR) is 78.0 cm³/mol. The molecule has 3 aliphatic rings. The third-order valence-electron chi connectivity index (χ3n) is 6.24. The van der Waals surface area contributed by atoms with Crippen LogP contribution < -0.4 is 5.73 Å². The van der Waals surface area contributed by atoms with E-state index >= 15 is 0 Å². The van der Waals surface area contributed by atoms with Crippen LogP contribution in [0.3, 0.4) is 0 Å². The number of rotatable bonds is 3. The van der Waals surface area contributed by atoms with Crippen molar-refractivity contribution in [2.45, 2.75) is 51.0 Å². The van der Waals surface area contributed by atoms with Gasteiger partial charge in [-0.3, -0.25) is 4.90 Å². The van der Waals surface area contributed by atoms with Crippen molar-refractivity contribution in [1.29, 1.82) is 0 Å². The maximum Gasteiger partial charge on any atom is 0.0513 e. The SMILES string of the molecule is CC(CN)(C1CCOC1)N1CCC2CCCCC2C1. The Kier molecular flexibility index (Phi) is 4.16. The highest BCUT2D eigenvalue weighted by Crippen LogP contribution is 2.40. The first-order chi connectivity index (χ1) is 9.24. The van der Waals surface area contributed by atoms with Crippen molar-refractivity contribution in [2.24, 2.45) is 23.5 Å². The number of fused-ring (bicyclic) bond motifs is 1. The van der Waals surface area contributed by atoms with E-state index in [9.17, 15) is 0 Å². The summed E-state index contributed by atoms with van der Waals surface area (Å²) in [6, 6.07) is 0. The molecule has 2 heterocycles. The first kappa shape index (κ1) is 13.8. The summed E-state index contributed by atoms with van der Waals surface area (Å²) in [6.07, 6.45) is 8.42. The molecule has 0 bridgehead atoms. The molecular formula is C16H30N2O. The lowest BCUT2D eigenvalue weighted by atomic mass is 9.72. The third-order valence-corrected chi connectivity index (χ3v) is 6.24.